The van der Waals surface area contributed by atoms with Crippen molar-refractivity contribution in [2.45, 2.75) is 45.7 Å². The molecule has 0 radical (unpaired) electrons. The molecule has 1 atom stereocenters. The van der Waals surface area contributed by atoms with E-state index in [-0.39, 0.29) is 5.82 Å². The van der Waals surface area contributed by atoms with Gasteiger partial charge in [0.2, 0.25) is 0 Å². The van der Waals surface area contributed by atoms with Gasteiger partial charge in [-0.1, -0.05) is 23.8 Å². The van der Waals surface area contributed by atoms with Crippen LogP contribution in [0.1, 0.15) is 42.1 Å². The van der Waals surface area contributed by atoms with Crippen LogP contribution in [-0.2, 0) is 13.0 Å². The zero-order valence-corrected chi connectivity index (χ0v) is 16.0. The zero-order valence-electron chi connectivity index (χ0n) is 16.0. The molecule has 1 aromatic heterocycles. The Morgan fingerprint density at radius 1 is 1.15 bits per heavy atom. The number of benzene rings is 2. The van der Waals surface area contributed by atoms with Crippen molar-refractivity contribution in [2.24, 2.45) is 0 Å². The van der Waals surface area contributed by atoms with E-state index in [0.717, 1.165) is 24.1 Å². The van der Waals surface area contributed by atoms with Crippen molar-refractivity contribution in [2.75, 3.05) is 6.54 Å². The summed E-state index contributed by atoms with van der Waals surface area (Å²) in [7, 11) is 0. The molecule has 0 bridgehead atoms. The number of fused-ring (bicyclic) bond motifs is 4. The zero-order chi connectivity index (χ0) is 18.5. The molecule has 5 rings (SSSR count). The number of nitrogens with zero attached hydrogens (tertiary/aromatic N) is 2. The van der Waals surface area contributed by atoms with Crippen molar-refractivity contribution in [1.29, 1.82) is 0 Å². The normalized spacial score (nSPS) is 20.1. The molecule has 0 N–H and O–H groups in total. The van der Waals surface area contributed by atoms with E-state index in [9.17, 15) is 4.39 Å². The Bertz CT molecular complexity index is 1040. The Hall–Kier alpha value is -2.39. The predicted molar refractivity (Wildman–Crippen MR) is 110 cm³/mol. The number of hydrogen-bond acceptors (Lipinski definition) is 1. The summed E-state index contributed by atoms with van der Waals surface area (Å²) in [6, 6.07) is 14.3. The van der Waals surface area contributed by atoms with Gasteiger partial charge in [0.1, 0.15) is 5.82 Å². The highest BCUT2D eigenvalue weighted by Crippen LogP contribution is 2.37. The molecule has 3 heterocycles. The van der Waals surface area contributed by atoms with Crippen LogP contribution >= 0.6 is 0 Å². The molecule has 138 valence electrons. The first kappa shape index (κ1) is 16.8. The number of aryl methyl sites for hydroxylation is 1. The average molecular weight is 360 g/mol. The molecular weight excluding hydrogens is 335 g/mol. The van der Waals surface area contributed by atoms with Gasteiger partial charge >= 0.3 is 0 Å². The van der Waals surface area contributed by atoms with E-state index in [2.05, 4.69) is 47.7 Å². The van der Waals surface area contributed by atoms with E-state index < -0.39 is 0 Å². The molecule has 2 aliphatic rings. The second-order valence-electron chi connectivity index (χ2n) is 8.11. The smallest absolute Gasteiger partial charge is 0.123 e. The standard InChI is InChI=1S/C24H25FN2/c1-16-5-10-23-21(12-16)22-15-26-11-3-4-20(26)13-24(22)27(23)14-17(2)18-6-8-19(25)9-7-18/h5-10,12,14,20H,3-4,11,13,15H2,1-2H3. The van der Waals surface area contributed by atoms with Gasteiger partial charge in [0.15, 0.2) is 0 Å². The molecule has 2 aliphatic heterocycles. The Morgan fingerprint density at radius 3 is 2.78 bits per heavy atom. The average Bonchev–Trinajstić information content (AvgIpc) is 3.23. The van der Waals surface area contributed by atoms with E-state index in [0.29, 0.717) is 6.04 Å². The SMILES string of the molecule is CC(=Cn1c2c(c3cc(C)ccc31)CN1CCCC1C2)c1ccc(F)cc1. The topological polar surface area (TPSA) is 8.17 Å². The lowest BCUT2D eigenvalue weighted by Gasteiger charge is -2.30. The Morgan fingerprint density at radius 2 is 1.96 bits per heavy atom. The summed E-state index contributed by atoms with van der Waals surface area (Å²) in [6.45, 7) is 6.58. The maximum Gasteiger partial charge on any atom is 0.123 e. The minimum absolute atomic E-state index is 0.188. The van der Waals surface area contributed by atoms with Gasteiger partial charge in [0.05, 0.1) is 5.52 Å². The van der Waals surface area contributed by atoms with E-state index in [4.69, 9.17) is 0 Å². The lowest BCUT2D eigenvalue weighted by Crippen LogP contribution is -2.35. The number of halogens is 1. The van der Waals surface area contributed by atoms with Crippen molar-refractivity contribution in [3.05, 3.63) is 70.7 Å². The van der Waals surface area contributed by atoms with Gasteiger partial charge in [-0.3, -0.25) is 4.90 Å². The summed E-state index contributed by atoms with van der Waals surface area (Å²) in [4.78, 5) is 2.66. The molecule has 2 nitrogen and oxygen atoms in total. The van der Waals surface area contributed by atoms with E-state index in [1.165, 1.54) is 59.2 Å². The number of hydrogen-bond donors (Lipinski definition) is 0. The van der Waals surface area contributed by atoms with Crippen LogP contribution in [0.3, 0.4) is 0 Å². The van der Waals surface area contributed by atoms with Gasteiger partial charge < -0.3 is 4.57 Å². The van der Waals surface area contributed by atoms with Crippen molar-refractivity contribution in [3.8, 4) is 0 Å². The molecule has 27 heavy (non-hydrogen) atoms. The lowest BCUT2D eigenvalue weighted by molar-refractivity contribution is 0.226. The third kappa shape index (κ3) is 2.81. The fourth-order valence-corrected chi connectivity index (χ4v) is 4.84. The molecule has 1 saturated heterocycles. The van der Waals surface area contributed by atoms with Crippen molar-refractivity contribution >= 4 is 22.7 Å². The highest BCUT2D eigenvalue weighted by atomic mass is 19.1. The molecule has 0 amide bonds. The summed E-state index contributed by atoms with van der Waals surface area (Å²) < 4.78 is 15.7. The van der Waals surface area contributed by atoms with Gasteiger partial charge in [0, 0.05) is 36.3 Å². The van der Waals surface area contributed by atoms with E-state index in [1.807, 2.05) is 12.1 Å². The quantitative estimate of drug-likeness (QED) is 0.575. The minimum Gasteiger partial charge on any atom is -0.320 e. The van der Waals surface area contributed by atoms with Crippen molar-refractivity contribution in [3.63, 3.8) is 0 Å². The first-order chi connectivity index (χ1) is 13.1. The van der Waals surface area contributed by atoms with E-state index in [1.54, 1.807) is 0 Å². The molecule has 3 heteroatoms. The minimum atomic E-state index is -0.188. The molecule has 3 aromatic rings. The molecule has 0 saturated carbocycles. The third-order valence-corrected chi connectivity index (χ3v) is 6.29. The van der Waals surface area contributed by atoms with Crippen LogP contribution in [0.5, 0.6) is 0 Å². The van der Waals surface area contributed by atoms with Crippen LogP contribution in [0.2, 0.25) is 0 Å². The summed E-state index contributed by atoms with van der Waals surface area (Å²) >= 11 is 0. The Labute approximate surface area is 159 Å². The highest BCUT2D eigenvalue weighted by molar-refractivity contribution is 5.90. The maximum atomic E-state index is 13.3. The van der Waals surface area contributed by atoms with Crippen LogP contribution in [0, 0.1) is 12.7 Å². The van der Waals surface area contributed by atoms with Crippen LogP contribution < -0.4 is 0 Å². The summed E-state index contributed by atoms with van der Waals surface area (Å²) in [5.41, 5.74) is 7.77. The molecule has 2 aromatic carbocycles. The van der Waals surface area contributed by atoms with Gasteiger partial charge in [0.25, 0.3) is 0 Å². The second kappa shape index (κ2) is 6.35. The van der Waals surface area contributed by atoms with Crippen molar-refractivity contribution in [1.82, 2.24) is 9.47 Å². The molecule has 0 aliphatic carbocycles. The number of allylic oxidation sites excluding steroid dienone is 1. The van der Waals surface area contributed by atoms with Crippen LogP contribution in [0.15, 0.2) is 42.5 Å². The summed E-state index contributed by atoms with van der Waals surface area (Å²) in [6.07, 6.45) is 5.99. The molecule has 1 unspecified atom stereocenters. The summed E-state index contributed by atoms with van der Waals surface area (Å²) in [5, 5.41) is 1.39. The summed E-state index contributed by atoms with van der Waals surface area (Å²) in [5.74, 6) is -0.188. The van der Waals surface area contributed by atoms with Gasteiger partial charge in [-0.2, -0.15) is 0 Å². The Kier molecular flexibility index (Phi) is 3.94. The first-order valence-corrected chi connectivity index (χ1v) is 9.91. The maximum absolute atomic E-state index is 13.3. The van der Waals surface area contributed by atoms with Crippen LogP contribution in [-0.4, -0.2) is 22.1 Å². The number of rotatable bonds is 2. The predicted octanol–water partition coefficient (Wildman–Crippen LogP) is 5.63. The number of aromatic nitrogens is 1. The lowest BCUT2D eigenvalue weighted by atomic mass is 9.98. The molecule has 1 fully saturated rings. The molecule has 0 spiro atoms. The fourth-order valence-electron chi connectivity index (χ4n) is 4.84. The fraction of sp³-hybridized carbons (Fsp3) is 0.333. The monoisotopic (exact) mass is 360 g/mol. The molecular formula is C24H25FN2. The van der Waals surface area contributed by atoms with Gasteiger partial charge in [-0.05, 0) is 74.2 Å². The van der Waals surface area contributed by atoms with Gasteiger partial charge in [-0.25, -0.2) is 4.39 Å². The third-order valence-electron chi connectivity index (χ3n) is 6.29. The van der Waals surface area contributed by atoms with Gasteiger partial charge in [-0.15, -0.1) is 0 Å². The first-order valence-electron chi connectivity index (χ1n) is 9.91. The Balaban J connectivity index is 1.67. The van der Waals surface area contributed by atoms with Crippen LogP contribution in [0.4, 0.5) is 4.39 Å². The van der Waals surface area contributed by atoms with Crippen molar-refractivity contribution < 1.29 is 4.39 Å². The largest absolute Gasteiger partial charge is 0.320 e. The van der Waals surface area contributed by atoms with E-state index >= 15 is 0 Å². The van der Waals surface area contributed by atoms with Crippen LogP contribution in [0.25, 0.3) is 22.7 Å². The second-order valence-corrected chi connectivity index (χ2v) is 8.11. The highest BCUT2D eigenvalue weighted by Gasteiger charge is 2.33.